The maximum atomic E-state index is 12.5. The molecular weight excluding hydrogens is 249 g/mol. The van der Waals surface area contributed by atoms with Gasteiger partial charge in [0.25, 0.3) is 5.91 Å². The van der Waals surface area contributed by atoms with Crippen LogP contribution in [0.25, 0.3) is 0 Å². The molecule has 0 saturated carbocycles. The third-order valence-electron chi connectivity index (χ3n) is 2.78. The first-order valence-electron chi connectivity index (χ1n) is 5.16. The maximum Gasteiger partial charge on any atom is 0.407 e. The van der Waals surface area contributed by atoms with E-state index in [9.17, 15) is 18.0 Å². The van der Waals surface area contributed by atoms with Gasteiger partial charge in [-0.1, -0.05) is 6.07 Å². The Morgan fingerprint density at radius 3 is 2.72 bits per heavy atom. The number of fused-ring (bicyclic) bond motifs is 1. The molecule has 2 rings (SSSR count). The molecule has 0 fully saturated rings. The van der Waals surface area contributed by atoms with Gasteiger partial charge in [0.05, 0.1) is 5.69 Å². The SMILES string of the molecule is CN1C(=O)COc2ccc(C(N)C(F)(F)F)cc21. The van der Waals surface area contributed by atoms with Crippen molar-refractivity contribution in [3.05, 3.63) is 23.8 Å². The number of alkyl halides is 3. The van der Waals surface area contributed by atoms with Gasteiger partial charge >= 0.3 is 6.18 Å². The lowest BCUT2D eigenvalue weighted by atomic mass is 10.1. The fourth-order valence-electron chi connectivity index (χ4n) is 1.67. The number of nitrogens with two attached hydrogens (primary N) is 1. The number of carbonyl (C=O) groups excluding carboxylic acids is 1. The number of hydrogen-bond acceptors (Lipinski definition) is 3. The molecule has 2 N–H and O–H groups in total. The summed E-state index contributed by atoms with van der Waals surface area (Å²) in [4.78, 5) is 12.6. The smallest absolute Gasteiger partial charge is 0.407 e. The summed E-state index contributed by atoms with van der Waals surface area (Å²) in [6.45, 7) is -0.117. The third kappa shape index (κ3) is 2.13. The van der Waals surface area contributed by atoms with Crippen LogP contribution in [0.2, 0.25) is 0 Å². The zero-order valence-corrected chi connectivity index (χ0v) is 9.49. The predicted octanol–water partition coefficient (Wildman–Crippen LogP) is 1.60. The molecule has 1 aromatic rings. The molecule has 0 bridgehead atoms. The number of rotatable bonds is 1. The molecule has 1 heterocycles. The molecule has 1 aliphatic heterocycles. The highest BCUT2D eigenvalue weighted by Gasteiger charge is 2.38. The lowest BCUT2D eigenvalue weighted by molar-refractivity contribution is -0.149. The molecule has 0 aliphatic carbocycles. The van der Waals surface area contributed by atoms with Crippen LogP contribution >= 0.6 is 0 Å². The highest BCUT2D eigenvalue weighted by molar-refractivity contribution is 5.97. The molecule has 0 spiro atoms. The minimum atomic E-state index is -4.52. The Morgan fingerprint density at radius 2 is 2.11 bits per heavy atom. The van der Waals surface area contributed by atoms with E-state index in [4.69, 9.17) is 10.5 Å². The van der Waals surface area contributed by atoms with Crippen LogP contribution in [0.1, 0.15) is 11.6 Å². The van der Waals surface area contributed by atoms with Gasteiger partial charge in [-0.2, -0.15) is 13.2 Å². The second-order valence-electron chi connectivity index (χ2n) is 3.99. The van der Waals surface area contributed by atoms with Crippen molar-refractivity contribution in [2.45, 2.75) is 12.2 Å². The lowest BCUT2D eigenvalue weighted by Gasteiger charge is -2.27. The summed E-state index contributed by atoms with van der Waals surface area (Å²) in [6, 6.07) is 1.79. The Kier molecular flexibility index (Phi) is 2.94. The molecule has 98 valence electrons. The van der Waals surface area contributed by atoms with Crippen molar-refractivity contribution in [1.82, 2.24) is 0 Å². The number of likely N-dealkylation sites (N-methyl/N-ethyl adjacent to an activating group) is 1. The van der Waals surface area contributed by atoms with Crippen molar-refractivity contribution in [2.24, 2.45) is 5.73 Å². The maximum absolute atomic E-state index is 12.5. The number of halogens is 3. The third-order valence-corrected chi connectivity index (χ3v) is 2.78. The second kappa shape index (κ2) is 4.16. The molecule has 0 saturated heterocycles. The zero-order chi connectivity index (χ0) is 13.5. The molecule has 1 aliphatic rings. The topological polar surface area (TPSA) is 55.6 Å². The van der Waals surface area contributed by atoms with E-state index in [1.54, 1.807) is 0 Å². The van der Waals surface area contributed by atoms with E-state index in [0.717, 1.165) is 0 Å². The molecule has 1 atom stereocenters. The van der Waals surface area contributed by atoms with E-state index in [1.807, 2.05) is 0 Å². The first-order valence-corrected chi connectivity index (χ1v) is 5.16. The van der Waals surface area contributed by atoms with Gasteiger partial charge in [0.1, 0.15) is 11.8 Å². The van der Waals surface area contributed by atoms with Crippen LogP contribution in [0.3, 0.4) is 0 Å². The van der Waals surface area contributed by atoms with Crippen LogP contribution in [-0.2, 0) is 4.79 Å². The summed E-state index contributed by atoms with van der Waals surface area (Å²) in [7, 11) is 1.48. The summed E-state index contributed by atoms with van der Waals surface area (Å²) in [5.74, 6) is 0.0513. The monoisotopic (exact) mass is 260 g/mol. The van der Waals surface area contributed by atoms with E-state index in [1.165, 1.54) is 30.1 Å². The Balaban J connectivity index is 2.40. The average molecular weight is 260 g/mol. The van der Waals surface area contributed by atoms with Gasteiger partial charge < -0.3 is 15.4 Å². The van der Waals surface area contributed by atoms with Crippen LogP contribution in [-0.4, -0.2) is 25.7 Å². The zero-order valence-electron chi connectivity index (χ0n) is 9.49. The van der Waals surface area contributed by atoms with E-state index in [-0.39, 0.29) is 18.1 Å². The normalized spacial score (nSPS) is 17.2. The Bertz CT molecular complexity index is 488. The van der Waals surface area contributed by atoms with Crippen molar-refractivity contribution in [2.75, 3.05) is 18.6 Å². The fraction of sp³-hybridized carbons (Fsp3) is 0.364. The van der Waals surface area contributed by atoms with Gasteiger partial charge in [-0.3, -0.25) is 4.79 Å². The van der Waals surface area contributed by atoms with Crippen molar-refractivity contribution in [3.8, 4) is 5.75 Å². The first kappa shape index (κ1) is 12.7. The van der Waals surface area contributed by atoms with Crippen molar-refractivity contribution in [1.29, 1.82) is 0 Å². The van der Waals surface area contributed by atoms with Gasteiger partial charge in [-0.05, 0) is 17.7 Å². The minimum absolute atomic E-state index is 0.105. The summed E-state index contributed by atoms with van der Waals surface area (Å²) in [6.07, 6.45) is -4.52. The summed E-state index contributed by atoms with van der Waals surface area (Å²) in [5, 5.41) is 0. The van der Waals surface area contributed by atoms with E-state index in [0.29, 0.717) is 11.4 Å². The standard InChI is InChI=1S/C11H11F3N2O2/c1-16-7-4-6(10(15)11(12,13)14)2-3-8(7)18-5-9(16)17/h2-4,10H,5,15H2,1H3. The van der Waals surface area contributed by atoms with E-state index in [2.05, 4.69) is 0 Å². The number of amides is 1. The number of nitrogens with zero attached hydrogens (tertiary/aromatic N) is 1. The Morgan fingerprint density at radius 1 is 1.44 bits per heavy atom. The molecule has 0 radical (unpaired) electrons. The summed E-state index contributed by atoms with van der Waals surface area (Å²) >= 11 is 0. The molecule has 1 aromatic carbocycles. The number of benzene rings is 1. The van der Waals surface area contributed by atoms with Crippen LogP contribution in [0, 0.1) is 0 Å². The van der Waals surface area contributed by atoms with Crippen LogP contribution < -0.4 is 15.4 Å². The second-order valence-corrected chi connectivity index (χ2v) is 3.99. The van der Waals surface area contributed by atoms with Gasteiger partial charge in [-0.25, -0.2) is 0 Å². The summed E-state index contributed by atoms with van der Waals surface area (Å²) in [5.41, 5.74) is 5.31. The van der Waals surface area contributed by atoms with E-state index < -0.39 is 12.2 Å². The molecule has 18 heavy (non-hydrogen) atoms. The molecule has 1 unspecified atom stereocenters. The predicted molar refractivity (Wildman–Crippen MR) is 58.3 cm³/mol. The molecule has 1 amide bonds. The highest BCUT2D eigenvalue weighted by Crippen LogP contribution is 2.37. The van der Waals surface area contributed by atoms with E-state index >= 15 is 0 Å². The van der Waals surface area contributed by atoms with Gasteiger partial charge in [0, 0.05) is 7.05 Å². The van der Waals surface area contributed by atoms with Crippen molar-refractivity contribution >= 4 is 11.6 Å². The van der Waals surface area contributed by atoms with Gasteiger partial charge in [0.2, 0.25) is 0 Å². The largest absolute Gasteiger partial charge is 0.482 e. The number of ether oxygens (including phenoxy) is 1. The molecular formula is C11H11F3N2O2. The van der Waals surface area contributed by atoms with Gasteiger partial charge in [-0.15, -0.1) is 0 Å². The quantitative estimate of drug-likeness (QED) is 0.834. The average Bonchev–Trinajstić information content (AvgIpc) is 2.31. The number of hydrogen-bond donors (Lipinski definition) is 1. The summed E-state index contributed by atoms with van der Waals surface area (Å²) < 4.78 is 42.6. The van der Waals surface area contributed by atoms with Crippen molar-refractivity contribution < 1.29 is 22.7 Å². The number of carbonyl (C=O) groups is 1. The minimum Gasteiger partial charge on any atom is -0.482 e. The van der Waals surface area contributed by atoms with Crippen LogP contribution in [0.4, 0.5) is 18.9 Å². The van der Waals surface area contributed by atoms with Crippen molar-refractivity contribution in [3.63, 3.8) is 0 Å². The Labute approximate surface area is 101 Å². The van der Waals surface area contributed by atoms with Gasteiger partial charge in [0.15, 0.2) is 6.61 Å². The fourth-order valence-corrected chi connectivity index (χ4v) is 1.67. The lowest BCUT2D eigenvalue weighted by Crippen LogP contribution is -2.36. The van der Waals surface area contributed by atoms with Crippen LogP contribution in [0.5, 0.6) is 5.75 Å². The molecule has 0 aromatic heterocycles. The number of anilines is 1. The highest BCUT2D eigenvalue weighted by atomic mass is 19.4. The first-order chi connectivity index (χ1) is 8.30. The van der Waals surface area contributed by atoms with Crippen LogP contribution in [0.15, 0.2) is 18.2 Å². The Hall–Kier alpha value is -1.76. The molecule has 7 heteroatoms. The molecule has 4 nitrogen and oxygen atoms in total.